The van der Waals surface area contributed by atoms with Gasteiger partial charge in [-0.05, 0) is 0 Å². The zero-order valence-corrected chi connectivity index (χ0v) is 9.51. The van der Waals surface area contributed by atoms with E-state index in [9.17, 15) is 15.2 Å². The molecule has 1 aliphatic carbocycles. The molecule has 2 aliphatic rings. The second-order valence-corrected chi connectivity index (χ2v) is 5.10. The van der Waals surface area contributed by atoms with E-state index in [1.165, 1.54) is 0 Å². The molecule has 0 bridgehead atoms. The summed E-state index contributed by atoms with van der Waals surface area (Å²) in [6.45, 7) is 4.41. The molecule has 0 aromatic heterocycles. The largest absolute Gasteiger partial charge is 0.392 e. The van der Waals surface area contributed by atoms with Crippen LogP contribution in [-0.4, -0.2) is 41.7 Å². The minimum absolute atomic E-state index is 0.237. The van der Waals surface area contributed by atoms with Crippen molar-refractivity contribution in [2.75, 3.05) is 19.8 Å². The lowest BCUT2D eigenvalue weighted by Gasteiger charge is -2.37. The maximum atomic E-state index is 10.5. The summed E-state index contributed by atoms with van der Waals surface area (Å²) >= 11 is 0. The lowest BCUT2D eigenvalue weighted by molar-refractivity contribution is -0.490. The molecule has 0 amide bonds. The Kier molecular flexibility index (Phi) is 2.68. The van der Waals surface area contributed by atoms with E-state index in [-0.39, 0.29) is 6.54 Å². The number of hydrogen-bond acceptors (Lipinski definition) is 5. The Labute approximate surface area is 93.7 Å². The molecule has 2 atom stereocenters. The van der Waals surface area contributed by atoms with Gasteiger partial charge in [-0.2, -0.15) is 0 Å². The average molecular weight is 231 g/mol. The highest BCUT2D eigenvalue weighted by Crippen LogP contribution is 2.53. The van der Waals surface area contributed by atoms with Gasteiger partial charge in [0.2, 0.25) is 6.54 Å². The molecular weight excluding hydrogens is 214 g/mol. The summed E-state index contributed by atoms with van der Waals surface area (Å²) in [5, 5.41) is 20.7. The van der Waals surface area contributed by atoms with Gasteiger partial charge < -0.3 is 14.6 Å². The molecular formula is C10H17NO5. The SMILES string of the molecule is CC1(C)C(O)C(C[N+](=O)[O-])CC12OCCO2. The number of nitro groups is 1. The lowest BCUT2D eigenvalue weighted by atomic mass is 9.83. The van der Waals surface area contributed by atoms with Gasteiger partial charge >= 0.3 is 0 Å². The molecule has 0 aromatic carbocycles. The molecule has 2 fully saturated rings. The van der Waals surface area contributed by atoms with E-state index in [0.717, 1.165) is 0 Å². The third kappa shape index (κ3) is 1.52. The van der Waals surface area contributed by atoms with Gasteiger partial charge in [-0.15, -0.1) is 0 Å². The smallest absolute Gasteiger partial charge is 0.209 e. The van der Waals surface area contributed by atoms with E-state index in [1.54, 1.807) is 0 Å². The Bertz CT molecular complexity index is 298. The van der Waals surface area contributed by atoms with E-state index in [2.05, 4.69) is 0 Å². The number of nitrogens with zero attached hydrogens (tertiary/aromatic N) is 1. The van der Waals surface area contributed by atoms with Gasteiger partial charge in [-0.3, -0.25) is 10.1 Å². The van der Waals surface area contributed by atoms with Crippen LogP contribution in [-0.2, 0) is 9.47 Å². The van der Waals surface area contributed by atoms with Crippen molar-refractivity contribution in [3.8, 4) is 0 Å². The van der Waals surface area contributed by atoms with Crippen molar-refractivity contribution >= 4 is 0 Å². The summed E-state index contributed by atoms with van der Waals surface area (Å²) in [5.74, 6) is -1.24. The first-order valence-corrected chi connectivity index (χ1v) is 5.47. The highest BCUT2D eigenvalue weighted by Gasteiger charge is 2.63. The first-order chi connectivity index (χ1) is 7.39. The van der Waals surface area contributed by atoms with Crippen molar-refractivity contribution < 1.29 is 19.5 Å². The normalized spacial score (nSPS) is 35.7. The third-order valence-corrected chi connectivity index (χ3v) is 3.84. The highest BCUT2D eigenvalue weighted by molar-refractivity contribution is 5.05. The molecule has 1 spiro atoms. The number of aliphatic hydroxyl groups excluding tert-OH is 1. The Balaban J connectivity index is 2.21. The van der Waals surface area contributed by atoms with Crippen LogP contribution < -0.4 is 0 Å². The molecule has 2 rings (SSSR count). The number of hydrogen-bond donors (Lipinski definition) is 1. The van der Waals surface area contributed by atoms with Crippen molar-refractivity contribution in [1.82, 2.24) is 0 Å². The Morgan fingerprint density at radius 1 is 1.44 bits per heavy atom. The number of aliphatic hydroxyl groups is 1. The molecule has 1 saturated carbocycles. The molecule has 1 aliphatic heterocycles. The number of rotatable bonds is 2. The van der Waals surface area contributed by atoms with Crippen LogP contribution >= 0.6 is 0 Å². The van der Waals surface area contributed by atoms with Crippen molar-refractivity contribution in [1.29, 1.82) is 0 Å². The van der Waals surface area contributed by atoms with Gasteiger partial charge in [-0.25, -0.2) is 0 Å². The fourth-order valence-corrected chi connectivity index (χ4v) is 2.83. The Morgan fingerprint density at radius 2 is 2.00 bits per heavy atom. The van der Waals surface area contributed by atoms with Crippen molar-refractivity contribution in [3.05, 3.63) is 10.1 Å². The van der Waals surface area contributed by atoms with E-state index in [0.29, 0.717) is 19.6 Å². The summed E-state index contributed by atoms with van der Waals surface area (Å²) < 4.78 is 11.2. The standard InChI is InChI=1S/C10H17NO5/c1-9(2)8(12)7(6-11(13)14)5-10(9)15-3-4-16-10/h7-8,12H,3-6H2,1-2H3. The quantitative estimate of drug-likeness (QED) is 0.550. The molecule has 92 valence electrons. The van der Waals surface area contributed by atoms with Crippen molar-refractivity contribution in [3.63, 3.8) is 0 Å². The summed E-state index contributed by atoms with van der Waals surface area (Å²) in [6.07, 6.45) is -0.377. The second kappa shape index (κ2) is 3.65. The Morgan fingerprint density at radius 3 is 2.50 bits per heavy atom. The highest BCUT2D eigenvalue weighted by atomic mass is 16.7. The van der Waals surface area contributed by atoms with Crippen molar-refractivity contribution in [2.24, 2.45) is 11.3 Å². The lowest BCUT2D eigenvalue weighted by Crippen LogP contribution is -2.46. The van der Waals surface area contributed by atoms with Gasteiger partial charge in [0, 0.05) is 16.8 Å². The molecule has 1 heterocycles. The molecule has 0 radical (unpaired) electrons. The van der Waals surface area contributed by atoms with E-state index in [4.69, 9.17) is 9.47 Å². The van der Waals surface area contributed by atoms with Crippen molar-refractivity contribution in [2.45, 2.75) is 32.2 Å². The minimum atomic E-state index is -0.840. The second-order valence-electron chi connectivity index (χ2n) is 5.10. The zero-order valence-electron chi connectivity index (χ0n) is 9.51. The van der Waals surface area contributed by atoms with Crippen LogP contribution in [0.4, 0.5) is 0 Å². The van der Waals surface area contributed by atoms with Crippen LogP contribution in [0, 0.1) is 21.4 Å². The summed E-state index contributed by atoms with van der Waals surface area (Å²) in [6, 6.07) is 0. The molecule has 1 N–H and O–H groups in total. The predicted octanol–water partition coefficient (Wildman–Crippen LogP) is 0.413. The van der Waals surface area contributed by atoms with Crippen LogP contribution in [0.5, 0.6) is 0 Å². The maximum absolute atomic E-state index is 10.5. The van der Waals surface area contributed by atoms with Gasteiger partial charge in [0.1, 0.15) is 0 Å². The number of ether oxygens (including phenoxy) is 2. The maximum Gasteiger partial charge on any atom is 0.209 e. The minimum Gasteiger partial charge on any atom is -0.392 e. The van der Waals surface area contributed by atoms with Crippen LogP contribution in [0.2, 0.25) is 0 Å². The van der Waals surface area contributed by atoms with Gasteiger partial charge in [0.25, 0.3) is 0 Å². The topological polar surface area (TPSA) is 81.8 Å². The summed E-state index contributed by atoms with van der Waals surface area (Å²) in [7, 11) is 0. The molecule has 2 unspecified atom stereocenters. The van der Waals surface area contributed by atoms with E-state index >= 15 is 0 Å². The van der Waals surface area contributed by atoms with Gasteiger partial charge in [0.15, 0.2) is 5.79 Å². The molecule has 1 saturated heterocycles. The van der Waals surface area contributed by atoms with Crippen LogP contribution in [0.1, 0.15) is 20.3 Å². The first kappa shape index (κ1) is 11.8. The molecule has 6 heteroatoms. The fraction of sp³-hybridized carbons (Fsp3) is 1.00. The Hall–Kier alpha value is -0.720. The fourth-order valence-electron chi connectivity index (χ4n) is 2.83. The van der Waals surface area contributed by atoms with Crippen LogP contribution in [0.15, 0.2) is 0 Å². The predicted molar refractivity (Wildman–Crippen MR) is 54.4 cm³/mol. The van der Waals surface area contributed by atoms with Gasteiger partial charge in [0.05, 0.1) is 25.2 Å². The first-order valence-electron chi connectivity index (χ1n) is 5.47. The summed E-state index contributed by atoms with van der Waals surface area (Å²) in [5.41, 5.74) is -0.607. The molecule has 6 nitrogen and oxygen atoms in total. The van der Waals surface area contributed by atoms with E-state index < -0.39 is 28.1 Å². The zero-order chi connectivity index (χ0) is 12.0. The van der Waals surface area contributed by atoms with Crippen LogP contribution in [0.3, 0.4) is 0 Å². The van der Waals surface area contributed by atoms with Gasteiger partial charge in [-0.1, -0.05) is 13.8 Å². The molecule has 16 heavy (non-hydrogen) atoms. The molecule has 0 aromatic rings. The average Bonchev–Trinajstić information content (AvgIpc) is 2.70. The summed E-state index contributed by atoms with van der Waals surface area (Å²) in [4.78, 5) is 10.1. The third-order valence-electron chi connectivity index (χ3n) is 3.84. The van der Waals surface area contributed by atoms with Crippen LogP contribution in [0.25, 0.3) is 0 Å². The monoisotopic (exact) mass is 231 g/mol. The van der Waals surface area contributed by atoms with E-state index in [1.807, 2.05) is 13.8 Å².